The van der Waals surface area contributed by atoms with Gasteiger partial charge in [-0.2, -0.15) is 0 Å². The summed E-state index contributed by atoms with van der Waals surface area (Å²) in [7, 11) is 0. The lowest BCUT2D eigenvalue weighted by Gasteiger charge is -2.14. The molecule has 0 saturated carbocycles. The molecule has 0 bridgehead atoms. The zero-order chi connectivity index (χ0) is 14.0. The molecule has 0 saturated heterocycles. The zero-order valence-electron chi connectivity index (χ0n) is 10.9. The zero-order valence-corrected chi connectivity index (χ0v) is 13.3. The molecule has 0 atom stereocenters. The largest absolute Gasteiger partial charge is 0.296 e. The summed E-state index contributed by atoms with van der Waals surface area (Å²) in [5, 5.41) is 5.32. The van der Waals surface area contributed by atoms with Crippen molar-refractivity contribution in [2.45, 2.75) is 26.2 Å². The summed E-state index contributed by atoms with van der Waals surface area (Å²) in [6, 6.07) is 3.55. The first-order valence-corrected chi connectivity index (χ1v) is 7.43. The van der Waals surface area contributed by atoms with E-state index in [4.69, 9.17) is 0 Å². The summed E-state index contributed by atoms with van der Waals surface area (Å²) in [5.74, 6) is -0.262. The average molecular weight is 340 g/mol. The molecule has 2 aromatic rings. The number of anilines is 1. The van der Waals surface area contributed by atoms with Gasteiger partial charge < -0.3 is 0 Å². The highest BCUT2D eigenvalue weighted by atomic mass is 79.9. The molecule has 1 amide bonds. The van der Waals surface area contributed by atoms with E-state index in [0.29, 0.717) is 15.3 Å². The first kappa shape index (κ1) is 14.1. The van der Waals surface area contributed by atoms with Crippen LogP contribution in [0.1, 0.15) is 37.0 Å². The Bertz CT molecular complexity index is 604. The minimum absolute atomic E-state index is 0.0228. The van der Waals surface area contributed by atoms with E-state index in [1.807, 2.05) is 5.38 Å². The maximum absolute atomic E-state index is 12.1. The number of nitrogens with zero attached hydrogens (tertiary/aromatic N) is 2. The number of pyridine rings is 1. The highest BCUT2D eigenvalue weighted by Gasteiger charge is 2.19. The third-order valence-electron chi connectivity index (χ3n) is 2.47. The van der Waals surface area contributed by atoms with Crippen molar-refractivity contribution in [1.82, 2.24) is 9.97 Å². The molecule has 19 heavy (non-hydrogen) atoms. The van der Waals surface area contributed by atoms with Crippen molar-refractivity contribution in [2.24, 2.45) is 0 Å². The number of rotatable bonds is 2. The van der Waals surface area contributed by atoms with Gasteiger partial charge in [0.1, 0.15) is 5.69 Å². The van der Waals surface area contributed by atoms with Crippen LogP contribution in [0.5, 0.6) is 0 Å². The first-order chi connectivity index (χ1) is 8.88. The highest BCUT2D eigenvalue weighted by molar-refractivity contribution is 9.10. The van der Waals surface area contributed by atoms with Gasteiger partial charge in [0.15, 0.2) is 5.13 Å². The molecule has 0 aliphatic carbocycles. The minimum atomic E-state index is -0.262. The smallest absolute Gasteiger partial charge is 0.277 e. The fourth-order valence-corrected chi connectivity index (χ4v) is 2.75. The normalized spacial score (nSPS) is 11.4. The Morgan fingerprint density at radius 2 is 2.16 bits per heavy atom. The van der Waals surface area contributed by atoms with E-state index in [-0.39, 0.29) is 11.3 Å². The molecule has 4 nitrogen and oxygen atoms in total. The first-order valence-electron chi connectivity index (χ1n) is 5.76. The van der Waals surface area contributed by atoms with Crippen molar-refractivity contribution in [3.63, 3.8) is 0 Å². The topological polar surface area (TPSA) is 54.9 Å². The van der Waals surface area contributed by atoms with Crippen LogP contribution in [0, 0.1) is 0 Å². The maximum Gasteiger partial charge on any atom is 0.277 e. The number of aromatic nitrogens is 2. The fourth-order valence-electron chi connectivity index (χ4n) is 1.38. The Hall–Kier alpha value is -1.27. The van der Waals surface area contributed by atoms with Gasteiger partial charge in [-0.3, -0.25) is 10.1 Å². The van der Waals surface area contributed by atoms with Crippen molar-refractivity contribution in [2.75, 3.05) is 5.32 Å². The lowest BCUT2D eigenvalue weighted by atomic mass is 9.93. The molecule has 6 heteroatoms. The van der Waals surface area contributed by atoms with E-state index in [1.54, 1.807) is 18.3 Å². The Labute approximate surface area is 124 Å². The fraction of sp³-hybridized carbons (Fsp3) is 0.308. The number of carbonyl (C=O) groups is 1. The lowest BCUT2D eigenvalue weighted by Crippen LogP contribution is -2.15. The van der Waals surface area contributed by atoms with Crippen LogP contribution in [0.15, 0.2) is 28.2 Å². The Kier molecular flexibility index (Phi) is 4.01. The quantitative estimate of drug-likeness (QED) is 0.903. The van der Waals surface area contributed by atoms with Gasteiger partial charge >= 0.3 is 0 Å². The number of amides is 1. The van der Waals surface area contributed by atoms with E-state index >= 15 is 0 Å². The van der Waals surface area contributed by atoms with Gasteiger partial charge in [0.05, 0.1) is 5.69 Å². The average Bonchev–Trinajstić information content (AvgIpc) is 2.77. The highest BCUT2D eigenvalue weighted by Crippen LogP contribution is 2.26. The summed E-state index contributed by atoms with van der Waals surface area (Å²) >= 11 is 4.73. The summed E-state index contributed by atoms with van der Waals surface area (Å²) in [6.45, 7) is 6.26. The van der Waals surface area contributed by atoms with Crippen LogP contribution in [0.25, 0.3) is 0 Å². The van der Waals surface area contributed by atoms with Gasteiger partial charge in [0.25, 0.3) is 5.91 Å². The standard InChI is InChI=1S/C13H14BrN3OS/c1-13(2,3)9-7-19-12(16-9)17-11(18)10-8(14)5-4-6-15-10/h4-7H,1-3H3,(H,16,17,18). The van der Waals surface area contributed by atoms with Gasteiger partial charge in [0, 0.05) is 21.5 Å². The van der Waals surface area contributed by atoms with Crippen molar-refractivity contribution < 1.29 is 4.79 Å². The van der Waals surface area contributed by atoms with Crippen LogP contribution >= 0.6 is 27.3 Å². The molecule has 0 radical (unpaired) electrons. The van der Waals surface area contributed by atoms with Crippen LogP contribution in [0.4, 0.5) is 5.13 Å². The van der Waals surface area contributed by atoms with Gasteiger partial charge in [-0.25, -0.2) is 9.97 Å². The van der Waals surface area contributed by atoms with Gasteiger partial charge in [0.2, 0.25) is 0 Å². The Morgan fingerprint density at radius 1 is 1.42 bits per heavy atom. The minimum Gasteiger partial charge on any atom is -0.296 e. The van der Waals surface area contributed by atoms with Gasteiger partial charge in [-0.1, -0.05) is 20.8 Å². The second-order valence-electron chi connectivity index (χ2n) is 5.08. The van der Waals surface area contributed by atoms with Crippen LogP contribution in [-0.2, 0) is 5.41 Å². The molecule has 0 aliphatic rings. The second kappa shape index (κ2) is 5.38. The summed E-state index contributed by atoms with van der Waals surface area (Å²) < 4.78 is 0.667. The molecule has 2 heterocycles. The van der Waals surface area contributed by atoms with Gasteiger partial charge in [-0.05, 0) is 28.1 Å². The maximum atomic E-state index is 12.1. The lowest BCUT2D eigenvalue weighted by molar-refractivity contribution is 0.102. The Balaban J connectivity index is 2.16. The number of thiazole rings is 1. The van der Waals surface area contributed by atoms with Crippen molar-refractivity contribution in [3.05, 3.63) is 39.6 Å². The van der Waals surface area contributed by atoms with E-state index in [2.05, 4.69) is 52.0 Å². The van der Waals surface area contributed by atoms with E-state index in [0.717, 1.165) is 5.69 Å². The van der Waals surface area contributed by atoms with Crippen molar-refractivity contribution in [3.8, 4) is 0 Å². The molecule has 1 N–H and O–H groups in total. The Morgan fingerprint density at radius 3 is 2.74 bits per heavy atom. The van der Waals surface area contributed by atoms with Crippen LogP contribution in [-0.4, -0.2) is 15.9 Å². The second-order valence-corrected chi connectivity index (χ2v) is 6.79. The summed E-state index contributed by atoms with van der Waals surface area (Å²) in [5.41, 5.74) is 1.30. The molecule has 100 valence electrons. The van der Waals surface area contributed by atoms with Crippen molar-refractivity contribution in [1.29, 1.82) is 0 Å². The third-order valence-corrected chi connectivity index (χ3v) is 3.86. The van der Waals surface area contributed by atoms with Crippen molar-refractivity contribution >= 4 is 38.3 Å². The molecule has 2 aromatic heterocycles. The number of nitrogens with one attached hydrogen (secondary N) is 1. The van der Waals surface area contributed by atoms with Crippen LogP contribution in [0.3, 0.4) is 0 Å². The number of halogens is 1. The van der Waals surface area contributed by atoms with Crippen LogP contribution < -0.4 is 5.32 Å². The number of carbonyl (C=O) groups excluding carboxylic acids is 1. The predicted molar refractivity (Wildman–Crippen MR) is 80.7 cm³/mol. The van der Waals surface area contributed by atoms with E-state index in [1.165, 1.54) is 11.3 Å². The molecule has 0 aromatic carbocycles. The molecule has 0 spiro atoms. The molecular weight excluding hydrogens is 326 g/mol. The monoisotopic (exact) mass is 339 g/mol. The summed E-state index contributed by atoms with van der Waals surface area (Å²) in [6.07, 6.45) is 1.59. The molecule has 0 unspecified atom stereocenters. The predicted octanol–water partition coefficient (Wildman–Crippen LogP) is 3.85. The number of hydrogen-bond donors (Lipinski definition) is 1. The SMILES string of the molecule is CC(C)(C)c1csc(NC(=O)c2ncccc2Br)n1. The molecule has 0 fully saturated rings. The van der Waals surface area contributed by atoms with E-state index < -0.39 is 0 Å². The van der Waals surface area contributed by atoms with E-state index in [9.17, 15) is 4.79 Å². The molecular formula is C13H14BrN3OS. The molecule has 2 rings (SSSR count). The third kappa shape index (κ3) is 3.39. The van der Waals surface area contributed by atoms with Crippen LogP contribution in [0.2, 0.25) is 0 Å². The molecule has 0 aliphatic heterocycles. The summed E-state index contributed by atoms with van der Waals surface area (Å²) in [4.78, 5) is 20.5. The van der Waals surface area contributed by atoms with Gasteiger partial charge in [-0.15, -0.1) is 11.3 Å². The number of hydrogen-bond acceptors (Lipinski definition) is 4.